The molecule has 7 nitrogen and oxygen atoms in total. The van der Waals surface area contributed by atoms with Crippen LogP contribution in [0.5, 0.6) is 0 Å². The number of amides is 4. The van der Waals surface area contributed by atoms with Crippen LogP contribution in [0.2, 0.25) is 0 Å². The largest absolute Gasteiger partial charge is 0.351 e. The lowest BCUT2D eigenvalue weighted by atomic mass is 9.85. The molecule has 3 rings (SSSR count). The number of carbonyl (C=O) groups is 4. The zero-order valence-corrected chi connectivity index (χ0v) is 15.7. The van der Waals surface area contributed by atoms with Crippen LogP contribution >= 0.6 is 0 Å². The van der Waals surface area contributed by atoms with Gasteiger partial charge in [-0.3, -0.25) is 19.3 Å². The van der Waals surface area contributed by atoms with Crippen LogP contribution < -0.4 is 0 Å². The number of aromatic nitrogens is 1. The lowest BCUT2D eigenvalue weighted by Crippen LogP contribution is -2.46. The van der Waals surface area contributed by atoms with E-state index in [2.05, 4.69) is 0 Å². The van der Waals surface area contributed by atoms with Crippen molar-refractivity contribution in [3.8, 4) is 0 Å². The molecule has 1 aromatic rings. The molecule has 0 unspecified atom stereocenters. The molecule has 140 valence electrons. The molecular weight excluding hydrogens is 334 g/mol. The van der Waals surface area contributed by atoms with Gasteiger partial charge in [0.05, 0.1) is 6.54 Å². The Hall–Kier alpha value is -2.44. The fraction of sp³-hybridized carbons (Fsp3) is 0.579. The van der Waals surface area contributed by atoms with Crippen molar-refractivity contribution in [2.24, 2.45) is 13.0 Å². The molecule has 7 heteroatoms. The first kappa shape index (κ1) is 18.4. The van der Waals surface area contributed by atoms with Gasteiger partial charge in [-0.05, 0) is 38.7 Å². The number of rotatable bonds is 4. The van der Waals surface area contributed by atoms with E-state index in [9.17, 15) is 19.2 Å². The average molecular weight is 359 g/mol. The SMILES string of the molecule is Cc1cc(C(=O)CN2C(=O)C(=O)N([C@H]3CCCC[C@H]3C)C2=O)c(C)n1C. The molecule has 26 heavy (non-hydrogen) atoms. The van der Waals surface area contributed by atoms with Crippen molar-refractivity contribution in [3.63, 3.8) is 0 Å². The second-order valence-corrected chi connectivity index (χ2v) is 7.45. The monoisotopic (exact) mass is 359 g/mol. The van der Waals surface area contributed by atoms with Crippen LogP contribution in [0.4, 0.5) is 4.79 Å². The highest BCUT2D eigenvalue weighted by molar-refractivity contribution is 6.45. The number of hydrogen-bond acceptors (Lipinski definition) is 4. The average Bonchev–Trinajstić information content (AvgIpc) is 2.98. The number of Topliss-reactive ketones (excluding diaryl/α,β-unsaturated/α-hetero) is 1. The van der Waals surface area contributed by atoms with Gasteiger partial charge in [-0.2, -0.15) is 0 Å². The van der Waals surface area contributed by atoms with E-state index in [0.717, 1.165) is 40.5 Å². The third-order valence-corrected chi connectivity index (χ3v) is 5.86. The van der Waals surface area contributed by atoms with Crippen molar-refractivity contribution in [1.29, 1.82) is 0 Å². The van der Waals surface area contributed by atoms with Gasteiger partial charge in [-0.1, -0.05) is 19.8 Å². The smallest absolute Gasteiger partial charge is 0.334 e. The minimum absolute atomic E-state index is 0.166. The Bertz CT molecular complexity index is 795. The number of imide groups is 2. The summed E-state index contributed by atoms with van der Waals surface area (Å²) in [6.07, 6.45) is 3.64. The van der Waals surface area contributed by atoms with E-state index in [1.807, 2.05) is 32.4 Å². The highest BCUT2D eigenvalue weighted by atomic mass is 16.2. The maximum atomic E-state index is 12.7. The van der Waals surface area contributed by atoms with Gasteiger partial charge >= 0.3 is 17.8 Å². The number of nitrogens with zero attached hydrogens (tertiary/aromatic N) is 3. The minimum Gasteiger partial charge on any atom is -0.351 e. The van der Waals surface area contributed by atoms with Crippen LogP contribution in [-0.2, 0) is 16.6 Å². The van der Waals surface area contributed by atoms with Gasteiger partial charge in [0.15, 0.2) is 5.78 Å². The summed E-state index contributed by atoms with van der Waals surface area (Å²) in [7, 11) is 1.85. The van der Waals surface area contributed by atoms with Crippen molar-refractivity contribution in [2.45, 2.75) is 52.5 Å². The summed E-state index contributed by atoms with van der Waals surface area (Å²) < 4.78 is 1.88. The summed E-state index contributed by atoms with van der Waals surface area (Å²) in [5.74, 6) is -1.87. The molecule has 2 heterocycles. The van der Waals surface area contributed by atoms with Gasteiger partial charge in [0.1, 0.15) is 0 Å². The van der Waals surface area contributed by atoms with Crippen molar-refractivity contribution in [2.75, 3.05) is 6.54 Å². The van der Waals surface area contributed by atoms with Gasteiger partial charge in [0.2, 0.25) is 0 Å². The highest BCUT2D eigenvalue weighted by Gasteiger charge is 2.49. The Morgan fingerprint density at radius 3 is 2.35 bits per heavy atom. The minimum atomic E-state index is -0.897. The quantitative estimate of drug-likeness (QED) is 0.469. The summed E-state index contributed by atoms with van der Waals surface area (Å²) in [5.41, 5.74) is 2.16. The standard InChI is InChI=1S/C19H25N3O4/c1-11-7-5-6-8-15(11)22-18(25)17(24)21(19(22)26)10-16(23)14-9-12(2)20(4)13(14)3/h9,11,15H,5-8,10H2,1-4H3/t11-,15+/m1/s1. The van der Waals surface area contributed by atoms with E-state index in [4.69, 9.17) is 0 Å². The van der Waals surface area contributed by atoms with E-state index in [1.54, 1.807) is 6.07 Å². The van der Waals surface area contributed by atoms with Gasteiger partial charge in [-0.15, -0.1) is 0 Å². The maximum absolute atomic E-state index is 12.7. The number of aryl methyl sites for hydroxylation is 1. The van der Waals surface area contributed by atoms with Crippen LogP contribution in [0.15, 0.2) is 6.07 Å². The third-order valence-electron chi connectivity index (χ3n) is 5.86. The number of hydrogen-bond donors (Lipinski definition) is 0. The lowest BCUT2D eigenvalue weighted by molar-refractivity contribution is -0.144. The highest BCUT2D eigenvalue weighted by Crippen LogP contribution is 2.31. The molecule has 1 aromatic heterocycles. The normalized spacial score (nSPS) is 23.9. The van der Waals surface area contributed by atoms with Gasteiger partial charge in [0, 0.05) is 30.0 Å². The Kier molecular flexibility index (Phi) is 4.73. The van der Waals surface area contributed by atoms with Crippen molar-refractivity contribution < 1.29 is 19.2 Å². The van der Waals surface area contributed by atoms with E-state index < -0.39 is 24.4 Å². The third kappa shape index (κ3) is 2.85. The zero-order valence-electron chi connectivity index (χ0n) is 15.7. The predicted molar refractivity (Wildman–Crippen MR) is 94.6 cm³/mol. The first-order valence-electron chi connectivity index (χ1n) is 9.09. The Morgan fingerprint density at radius 1 is 1.12 bits per heavy atom. The maximum Gasteiger partial charge on any atom is 0.334 e. The first-order chi connectivity index (χ1) is 12.2. The van der Waals surface area contributed by atoms with Crippen molar-refractivity contribution >= 4 is 23.6 Å². The summed E-state index contributed by atoms with van der Waals surface area (Å²) in [5, 5.41) is 0. The van der Waals surface area contributed by atoms with Crippen LogP contribution in [0.1, 0.15) is 54.4 Å². The second-order valence-electron chi connectivity index (χ2n) is 7.45. The number of ketones is 1. The first-order valence-corrected chi connectivity index (χ1v) is 9.09. The van der Waals surface area contributed by atoms with E-state index >= 15 is 0 Å². The molecule has 1 aliphatic carbocycles. The summed E-state index contributed by atoms with van der Waals surface area (Å²) in [6.45, 7) is 5.30. The number of carbonyl (C=O) groups excluding carboxylic acids is 4. The second kappa shape index (κ2) is 6.70. The predicted octanol–water partition coefficient (Wildman–Crippen LogP) is 2.19. The Labute approximate surface area is 152 Å². The topological polar surface area (TPSA) is 79.7 Å². The summed E-state index contributed by atoms with van der Waals surface area (Å²) in [4.78, 5) is 52.0. The van der Waals surface area contributed by atoms with Gasteiger partial charge in [0.25, 0.3) is 0 Å². The van der Waals surface area contributed by atoms with Gasteiger partial charge < -0.3 is 4.57 Å². The summed E-state index contributed by atoms with van der Waals surface area (Å²) >= 11 is 0. The molecule has 2 fully saturated rings. The molecule has 0 N–H and O–H groups in total. The van der Waals surface area contributed by atoms with Crippen molar-refractivity contribution in [1.82, 2.24) is 14.4 Å². The fourth-order valence-corrected chi connectivity index (χ4v) is 4.00. The Balaban J connectivity index is 1.81. The fourth-order valence-electron chi connectivity index (χ4n) is 4.00. The molecule has 0 aromatic carbocycles. The van der Waals surface area contributed by atoms with E-state index in [0.29, 0.717) is 12.0 Å². The van der Waals surface area contributed by atoms with Gasteiger partial charge in [-0.25, -0.2) is 9.69 Å². The molecule has 0 radical (unpaired) electrons. The Morgan fingerprint density at radius 2 is 1.77 bits per heavy atom. The summed E-state index contributed by atoms with van der Waals surface area (Å²) in [6, 6.07) is 0.830. The molecule has 1 saturated carbocycles. The van der Waals surface area contributed by atoms with Crippen LogP contribution in [0.3, 0.4) is 0 Å². The zero-order chi connectivity index (χ0) is 19.2. The molecule has 1 saturated heterocycles. The lowest BCUT2D eigenvalue weighted by Gasteiger charge is -2.34. The number of urea groups is 1. The molecule has 4 amide bonds. The van der Waals surface area contributed by atoms with Crippen molar-refractivity contribution in [3.05, 3.63) is 23.0 Å². The molecule has 1 aliphatic heterocycles. The molecule has 0 bridgehead atoms. The van der Waals surface area contributed by atoms with Crippen LogP contribution in [0, 0.1) is 19.8 Å². The van der Waals surface area contributed by atoms with E-state index in [1.165, 1.54) is 0 Å². The van der Waals surface area contributed by atoms with E-state index in [-0.39, 0.29) is 17.7 Å². The molecule has 2 atom stereocenters. The molecular formula is C19H25N3O4. The van der Waals surface area contributed by atoms with Crippen LogP contribution in [-0.4, -0.2) is 50.6 Å². The molecule has 0 spiro atoms. The van der Waals surface area contributed by atoms with Crippen LogP contribution in [0.25, 0.3) is 0 Å². The molecule has 2 aliphatic rings.